The lowest BCUT2D eigenvalue weighted by atomic mass is 9.98. The van der Waals surface area contributed by atoms with Crippen LogP contribution >= 0.6 is 0 Å². The number of pyridine rings is 1. The van der Waals surface area contributed by atoms with Gasteiger partial charge in [0.05, 0.1) is 12.8 Å². The zero-order valence-electron chi connectivity index (χ0n) is 16.7. The molecule has 31 heavy (non-hydrogen) atoms. The fraction of sp³-hybridized carbons (Fsp3) is 0.120. The summed E-state index contributed by atoms with van der Waals surface area (Å²) in [6.07, 6.45) is 3.06. The molecule has 0 radical (unpaired) electrons. The molecule has 1 aliphatic heterocycles. The van der Waals surface area contributed by atoms with Crippen molar-refractivity contribution in [1.82, 2.24) is 10.3 Å². The van der Waals surface area contributed by atoms with E-state index in [-0.39, 0.29) is 5.91 Å². The van der Waals surface area contributed by atoms with Gasteiger partial charge in [0.15, 0.2) is 6.10 Å². The van der Waals surface area contributed by atoms with E-state index in [0.29, 0.717) is 24.6 Å². The van der Waals surface area contributed by atoms with E-state index in [1.807, 2.05) is 66.7 Å². The Morgan fingerprint density at radius 1 is 1.00 bits per heavy atom. The normalized spacial score (nSPS) is 14.5. The van der Waals surface area contributed by atoms with E-state index in [1.54, 1.807) is 18.5 Å². The summed E-state index contributed by atoms with van der Waals surface area (Å²) in [5.74, 6) is 2.45. The van der Waals surface area contributed by atoms with Crippen LogP contribution < -0.4 is 14.8 Å². The molecule has 0 aliphatic carbocycles. The first-order chi connectivity index (χ1) is 15.3. The molecular formula is C25H20N2O4. The van der Waals surface area contributed by atoms with Crippen molar-refractivity contribution in [2.24, 2.45) is 0 Å². The van der Waals surface area contributed by atoms with Gasteiger partial charge in [-0.2, -0.15) is 0 Å². The summed E-state index contributed by atoms with van der Waals surface area (Å²) in [7, 11) is 0. The Balaban J connectivity index is 1.38. The number of amides is 1. The highest BCUT2D eigenvalue weighted by molar-refractivity contribution is 5.84. The summed E-state index contributed by atoms with van der Waals surface area (Å²) in [5.41, 5.74) is 2.76. The number of para-hydroxylation sites is 2. The molecule has 1 atom stereocenters. The molecule has 1 aliphatic rings. The number of hydrogen-bond acceptors (Lipinski definition) is 5. The molecule has 2 aromatic carbocycles. The minimum absolute atomic E-state index is 0.200. The standard InChI is InChI=1S/C25H20N2O4/c28-24(27-16-18-9-6-14-29-18)23-15-21-19(12-13-26-25(21)31-23)20-10-4-5-11-22(20)30-17-7-2-1-3-8-17/h1-14,23H,15-16H2,(H,27,28). The third-order valence-corrected chi connectivity index (χ3v) is 5.12. The van der Waals surface area contributed by atoms with Crippen LogP contribution in [0.1, 0.15) is 11.3 Å². The van der Waals surface area contributed by atoms with Crippen LogP contribution in [-0.4, -0.2) is 17.0 Å². The van der Waals surface area contributed by atoms with Crippen molar-refractivity contribution in [1.29, 1.82) is 0 Å². The van der Waals surface area contributed by atoms with E-state index >= 15 is 0 Å². The first-order valence-electron chi connectivity index (χ1n) is 10.0. The van der Waals surface area contributed by atoms with Gasteiger partial charge >= 0.3 is 0 Å². The van der Waals surface area contributed by atoms with Crippen molar-refractivity contribution in [3.63, 3.8) is 0 Å². The predicted octanol–water partition coefficient (Wildman–Crippen LogP) is 4.75. The number of benzene rings is 2. The van der Waals surface area contributed by atoms with Crippen molar-refractivity contribution in [2.45, 2.75) is 19.1 Å². The van der Waals surface area contributed by atoms with Crippen LogP contribution in [-0.2, 0) is 17.8 Å². The van der Waals surface area contributed by atoms with Gasteiger partial charge in [-0.1, -0.05) is 36.4 Å². The SMILES string of the molecule is O=C(NCc1ccco1)C1Cc2c(-c3ccccc3Oc3ccccc3)ccnc2O1. The average Bonchev–Trinajstić information content (AvgIpc) is 3.48. The van der Waals surface area contributed by atoms with Crippen LogP contribution in [0.5, 0.6) is 17.4 Å². The lowest BCUT2D eigenvalue weighted by molar-refractivity contribution is -0.127. The minimum atomic E-state index is -0.638. The molecule has 1 unspecified atom stereocenters. The fourth-order valence-corrected chi connectivity index (χ4v) is 3.63. The second kappa shape index (κ2) is 8.36. The summed E-state index contributed by atoms with van der Waals surface area (Å²) in [4.78, 5) is 17.0. The summed E-state index contributed by atoms with van der Waals surface area (Å²) < 4.78 is 17.3. The largest absolute Gasteiger partial charge is 0.467 e. The molecular weight excluding hydrogens is 392 g/mol. The van der Waals surface area contributed by atoms with Crippen LogP contribution in [0.4, 0.5) is 0 Å². The smallest absolute Gasteiger partial charge is 0.261 e. The van der Waals surface area contributed by atoms with Crippen LogP contribution in [0.15, 0.2) is 89.7 Å². The minimum Gasteiger partial charge on any atom is -0.467 e. The Labute approximate surface area is 179 Å². The van der Waals surface area contributed by atoms with Gasteiger partial charge in [-0.25, -0.2) is 4.98 Å². The van der Waals surface area contributed by atoms with E-state index in [4.69, 9.17) is 13.9 Å². The molecule has 2 aromatic heterocycles. The molecule has 1 amide bonds. The van der Waals surface area contributed by atoms with E-state index < -0.39 is 6.10 Å². The van der Waals surface area contributed by atoms with E-state index in [9.17, 15) is 4.79 Å². The van der Waals surface area contributed by atoms with Gasteiger partial charge in [0.1, 0.15) is 17.3 Å². The summed E-state index contributed by atoms with van der Waals surface area (Å²) in [6.45, 7) is 0.316. The Bertz CT molecular complexity index is 1190. The number of nitrogens with zero attached hydrogens (tertiary/aromatic N) is 1. The van der Waals surface area contributed by atoms with Crippen molar-refractivity contribution in [3.8, 4) is 28.5 Å². The van der Waals surface area contributed by atoms with Gasteiger partial charge < -0.3 is 19.2 Å². The maximum atomic E-state index is 12.6. The maximum Gasteiger partial charge on any atom is 0.261 e. The van der Waals surface area contributed by atoms with Crippen molar-refractivity contribution in [2.75, 3.05) is 0 Å². The monoisotopic (exact) mass is 412 g/mol. The van der Waals surface area contributed by atoms with Gasteiger partial charge in [-0.05, 0) is 42.0 Å². The summed E-state index contributed by atoms with van der Waals surface area (Å²) in [6, 6.07) is 23.0. The molecule has 3 heterocycles. The molecule has 0 saturated heterocycles. The van der Waals surface area contributed by atoms with Crippen LogP contribution in [0.2, 0.25) is 0 Å². The maximum absolute atomic E-state index is 12.6. The number of rotatable bonds is 6. The second-order valence-electron chi connectivity index (χ2n) is 7.16. The quantitative estimate of drug-likeness (QED) is 0.495. The Kier molecular flexibility index (Phi) is 5.10. The zero-order valence-corrected chi connectivity index (χ0v) is 16.7. The zero-order chi connectivity index (χ0) is 21.0. The van der Waals surface area contributed by atoms with Crippen molar-refractivity contribution in [3.05, 3.63) is 96.6 Å². The molecule has 0 fully saturated rings. The Morgan fingerprint density at radius 3 is 2.68 bits per heavy atom. The molecule has 4 aromatic rings. The number of furan rings is 1. The van der Waals surface area contributed by atoms with Gasteiger partial charge in [0, 0.05) is 23.7 Å². The van der Waals surface area contributed by atoms with Gasteiger partial charge in [0.25, 0.3) is 5.91 Å². The predicted molar refractivity (Wildman–Crippen MR) is 115 cm³/mol. The van der Waals surface area contributed by atoms with Crippen LogP contribution in [0.25, 0.3) is 11.1 Å². The van der Waals surface area contributed by atoms with Crippen LogP contribution in [0, 0.1) is 0 Å². The number of fused-ring (bicyclic) bond motifs is 1. The lowest BCUT2D eigenvalue weighted by Gasteiger charge is -2.13. The fourth-order valence-electron chi connectivity index (χ4n) is 3.63. The Hall–Kier alpha value is -4.06. The summed E-state index contributed by atoms with van der Waals surface area (Å²) in [5, 5.41) is 2.85. The Morgan fingerprint density at radius 2 is 1.84 bits per heavy atom. The number of carbonyl (C=O) groups excluding carboxylic acids is 1. The molecule has 0 bridgehead atoms. The van der Waals surface area contributed by atoms with E-state index in [0.717, 1.165) is 28.2 Å². The number of aromatic nitrogens is 1. The van der Waals surface area contributed by atoms with Crippen molar-refractivity contribution >= 4 is 5.91 Å². The molecule has 0 saturated carbocycles. The first kappa shape index (κ1) is 18.9. The number of nitrogens with one attached hydrogen (secondary N) is 1. The first-order valence-corrected chi connectivity index (χ1v) is 10.0. The number of ether oxygens (including phenoxy) is 2. The molecule has 154 valence electrons. The highest BCUT2D eigenvalue weighted by Gasteiger charge is 2.32. The molecule has 0 spiro atoms. The second-order valence-corrected chi connectivity index (χ2v) is 7.16. The third kappa shape index (κ3) is 4.00. The number of hydrogen-bond donors (Lipinski definition) is 1. The summed E-state index contributed by atoms with van der Waals surface area (Å²) >= 11 is 0. The van der Waals surface area contributed by atoms with Gasteiger partial charge in [-0.3, -0.25) is 4.79 Å². The number of carbonyl (C=O) groups is 1. The van der Waals surface area contributed by atoms with Crippen LogP contribution in [0.3, 0.4) is 0 Å². The van der Waals surface area contributed by atoms with Gasteiger partial charge in [0.2, 0.25) is 5.88 Å². The van der Waals surface area contributed by atoms with Gasteiger partial charge in [-0.15, -0.1) is 0 Å². The van der Waals surface area contributed by atoms with E-state index in [1.165, 1.54) is 0 Å². The molecule has 1 N–H and O–H groups in total. The molecule has 5 rings (SSSR count). The molecule has 6 nitrogen and oxygen atoms in total. The average molecular weight is 412 g/mol. The third-order valence-electron chi connectivity index (χ3n) is 5.12. The molecule has 6 heteroatoms. The topological polar surface area (TPSA) is 73.6 Å². The van der Waals surface area contributed by atoms with E-state index in [2.05, 4.69) is 10.3 Å². The highest BCUT2D eigenvalue weighted by atomic mass is 16.5. The highest BCUT2D eigenvalue weighted by Crippen LogP contribution is 2.40. The van der Waals surface area contributed by atoms with Crippen molar-refractivity contribution < 1.29 is 18.7 Å². The lowest BCUT2D eigenvalue weighted by Crippen LogP contribution is -2.37.